The lowest BCUT2D eigenvalue weighted by Gasteiger charge is -2.22. The Labute approximate surface area is 135 Å². The van der Waals surface area contributed by atoms with Crippen LogP contribution in [-0.2, 0) is 7.05 Å². The maximum Gasteiger partial charge on any atom is 0.318 e. The molecule has 2 amide bonds. The SMILES string of the molecule is C=CCN(C)C(=O)NC(c1ccc(Cl)cc1)c1ccn(C)n1. The maximum atomic E-state index is 12.3. The van der Waals surface area contributed by atoms with Crippen LogP contribution in [0, 0.1) is 0 Å². The van der Waals surface area contributed by atoms with Crippen LogP contribution < -0.4 is 5.32 Å². The Morgan fingerprint density at radius 3 is 2.68 bits per heavy atom. The van der Waals surface area contributed by atoms with E-state index in [1.807, 2.05) is 31.4 Å². The fourth-order valence-corrected chi connectivity index (χ4v) is 2.21. The number of aromatic nitrogens is 2. The standard InChI is InChI=1S/C16H19ClN4O/c1-4-10-20(2)16(22)18-15(14-9-11-21(3)19-14)12-5-7-13(17)8-6-12/h4-9,11,15H,1,10H2,2-3H3,(H,18,22). The van der Waals surface area contributed by atoms with Crippen molar-refractivity contribution in [2.24, 2.45) is 7.05 Å². The highest BCUT2D eigenvalue weighted by Crippen LogP contribution is 2.22. The lowest BCUT2D eigenvalue weighted by molar-refractivity contribution is 0.210. The van der Waals surface area contributed by atoms with E-state index in [0.29, 0.717) is 11.6 Å². The first-order valence-corrected chi connectivity index (χ1v) is 7.26. The third kappa shape index (κ3) is 3.89. The second kappa shape index (κ2) is 7.13. The summed E-state index contributed by atoms with van der Waals surface area (Å²) < 4.78 is 1.71. The Kier molecular flexibility index (Phi) is 5.22. The lowest BCUT2D eigenvalue weighted by atomic mass is 10.0. The molecule has 2 rings (SSSR count). The van der Waals surface area contributed by atoms with E-state index in [-0.39, 0.29) is 12.1 Å². The average Bonchev–Trinajstić information content (AvgIpc) is 2.92. The number of nitrogens with zero attached hydrogens (tertiary/aromatic N) is 3. The molecule has 1 atom stereocenters. The Morgan fingerprint density at radius 2 is 2.14 bits per heavy atom. The van der Waals surface area contributed by atoms with Gasteiger partial charge in [0, 0.05) is 31.9 Å². The number of likely N-dealkylation sites (N-methyl/N-ethyl adjacent to an activating group) is 1. The predicted octanol–water partition coefficient (Wildman–Crippen LogP) is 2.99. The Hall–Kier alpha value is -2.27. The molecule has 1 heterocycles. The van der Waals surface area contributed by atoms with Gasteiger partial charge in [0.2, 0.25) is 0 Å². The summed E-state index contributed by atoms with van der Waals surface area (Å²) in [6.45, 7) is 4.11. The highest BCUT2D eigenvalue weighted by molar-refractivity contribution is 6.30. The van der Waals surface area contributed by atoms with Crippen LogP contribution >= 0.6 is 11.6 Å². The molecule has 0 aliphatic rings. The molecule has 0 aliphatic carbocycles. The molecule has 22 heavy (non-hydrogen) atoms. The first-order valence-electron chi connectivity index (χ1n) is 6.89. The number of aryl methyl sites for hydroxylation is 1. The van der Waals surface area contributed by atoms with Crippen molar-refractivity contribution in [1.29, 1.82) is 0 Å². The molecule has 1 unspecified atom stereocenters. The number of halogens is 1. The molecule has 6 heteroatoms. The molecule has 1 aromatic carbocycles. The molecule has 0 aliphatic heterocycles. The first kappa shape index (κ1) is 16.1. The molecule has 0 radical (unpaired) electrons. The molecule has 5 nitrogen and oxygen atoms in total. The fraction of sp³-hybridized carbons (Fsp3) is 0.250. The first-order chi connectivity index (χ1) is 10.5. The van der Waals surface area contributed by atoms with Crippen molar-refractivity contribution in [2.45, 2.75) is 6.04 Å². The summed E-state index contributed by atoms with van der Waals surface area (Å²) in [6, 6.07) is 8.72. The maximum absolute atomic E-state index is 12.3. The van der Waals surface area contributed by atoms with Gasteiger partial charge in [-0.15, -0.1) is 6.58 Å². The molecule has 2 aromatic rings. The third-order valence-corrected chi connectivity index (χ3v) is 3.50. The van der Waals surface area contributed by atoms with Crippen LogP contribution in [-0.4, -0.2) is 34.3 Å². The molecule has 0 bridgehead atoms. The molecular weight excluding hydrogens is 300 g/mol. The second-order valence-electron chi connectivity index (χ2n) is 5.02. The number of nitrogens with one attached hydrogen (secondary N) is 1. The van der Waals surface area contributed by atoms with Gasteiger partial charge in [0.25, 0.3) is 0 Å². The van der Waals surface area contributed by atoms with Gasteiger partial charge >= 0.3 is 6.03 Å². The number of hydrogen-bond acceptors (Lipinski definition) is 2. The number of amides is 2. The minimum atomic E-state index is -0.335. The van der Waals surface area contributed by atoms with E-state index in [1.165, 1.54) is 0 Å². The van der Waals surface area contributed by atoms with E-state index in [2.05, 4.69) is 17.0 Å². The minimum absolute atomic E-state index is 0.189. The van der Waals surface area contributed by atoms with E-state index in [1.54, 1.807) is 34.8 Å². The van der Waals surface area contributed by atoms with Gasteiger partial charge in [-0.25, -0.2) is 4.79 Å². The quantitative estimate of drug-likeness (QED) is 0.862. The predicted molar refractivity (Wildman–Crippen MR) is 87.9 cm³/mol. The molecular formula is C16H19ClN4O. The van der Waals surface area contributed by atoms with Crippen molar-refractivity contribution in [2.75, 3.05) is 13.6 Å². The Bertz CT molecular complexity index is 650. The van der Waals surface area contributed by atoms with E-state index >= 15 is 0 Å². The summed E-state index contributed by atoms with van der Waals surface area (Å²) in [4.78, 5) is 13.8. The topological polar surface area (TPSA) is 50.2 Å². The van der Waals surface area contributed by atoms with Gasteiger partial charge in [-0.05, 0) is 23.8 Å². The van der Waals surface area contributed by atoms with Crippen molar-refractivity contribution in [1.82, 2.24) is 20.0 Å². The van der Waals surface area contributed by atoms with Crippen LogP contribution in [0.3, 0.4) is 0 Å². The third-order valence-electron chi connectivity index (χ3n) is 3.25. The summed E-state index contributed by atoms with van der Waals surface area (Å²) in [6.07, 6.45) is 3.52. The second-order valence-corrected chi connectivity index (χ2v) is 5.45. The van der Waals surface area contributed by atoms with Gasteiger partial charge in [-0.1, -0.05) is 29.8 Å². The number of carbonyl (C=O) groups excluding carboxylic acids is 1. The number of carbonyl (C=O) groups is 1. The summed E-state index contributed by atoms with van der Waals surface area (Å²) in [5.74, 6) is 0. The number of rotatable bonds is 5. The number of benzene rings is 1. The van der Waals surface area contributed by atoms with Crippen molar-refractivity contribution in [3.05, 3.63) is 65.5 Å². The largest absolute Gasteiger partial charge is 0.325 e. The molecule has 0 spiro atoms. The molecule has 0 saturated carbocycles. The molecule has 1 aromatic heterocycles. The van der Waals surface area contributed by atoms with Crippen LogP contribution in [0.5, 0.6) is 0 Å². The smallest absolute Gasteiger partial charge is 0.318 e. The van der Waals surface area contributed by atoms with Crippen molar-refractivity contribution >= 4 is 17.6 Å². The summed E-state index contributed by atoms with van der Waals surface area (Å²) in [5.41, 5.74) is 1.69. The zero-order valence-corrected chi connectivity index (χ0v) is 13.4. The van der Waals surface area contributed by atoms with Crippen LogP contribution in [0.1, 0.15) is 17.3 Å². The van der Waals surface area contributed by atoms with Crippen LogP contribution in [0.4, 0.5) is 4.79 Å². The summed E-state index contributed by atoms with van der Waals surface area (Å²) >= 11 is 5.94. The van der Waals surface area contributed by atoms with Gasteiger partial charge in [0.1, 0.15) is 6.04 Å². The zero-order chi connectivity index (χ0) is 16.1. The van der Waals surface area contributed by atoms with Crippen molar-refractivity contribution < 1.29 is 4.79 Å². The van der Waals surface area contributed by atoms with Crippen LogP contribution in [0.15, 0.2) is 49.2 Å². The Balaban J connectivity index is 2.28. The van der Waals surface area contributed by atoms with Gasteiger partial charge in [0.05, 0.1) is 5.69 Å². The van der Waals surface area contributed by atoms with Gasteiger partial charge < -0.3 is 10.2 Å². The lowest BCUT2D eigenvalue weighted by Crippen LogP contribution is -2.40. The van der Waals surface area contributed by atoms with Gasteiger partial charge in [-0.3, -0.25) is 4.68 Å². The minimum Gasteiger partial charge on any atom is -0.325 e. The normalized spacial score (nSPS) is 11.8. The van der Waals surface area contributed by atoms with Crippen molar-refractivity contribution in [3.8, 4) is 0 Å². The average molecular weight is 319 g/mol. The van der Waals surface area contributed by atoms with Crippen LogP contribution in [0.25, 0.3) is 0 Å². The molecule has 1 N–H and O–H groups in total. The zero-order valence-electron chi connectivity index (χ0n) is 12.7. The van der Waals surface area contributed by atoms with E-state index in [0.717, 1.165) is 11.3 Å². The van der Waals surface area contributed by atoms with Crippen molar-refractivity contribution in [3.63, 3.8) is 0 Å². The van der Waals surface area contributed by atoms with E-state index in [9.17, 15) is 4.79 Å². The monoisotopic (exact) mass is 318 g/mol. The highest BCUT2D eigenvalue weighted by atomic mass is 35.5. The molecule has 116 valence electrons. The van der Waals surface area contributed by atoms with Gasteiger partial charge in [-0.2, -0.15) is 5.10 Å². The van der Waals surface area contributed by atoms with E-state index < -0.39 is 0 Å². The molecule has 0 saturated heterocycles. The number of hydrogen-bond donors (Lipinski definition) is 1. The summed E-state index contributed by atoms with van der Waals surface area (Å²) in [5, 5.41) is 8.04. The highest BCUT2D eigenvalue weighted by Gasteiger charge is 2.20. The van der Waals surface area contributed by atoms with Gasteiger partial charge in [0.15, 0.2) is 0 Å². The molecule has 0 fully saturated rings. The summed E-state index contributed by atoms with van der Waals surface area (Å²) in [7, 11) is 3.56. The fourth-order valence-electron chi connectivity index (χ4n) is 2.08. The van der Waals surface area contributed by atoms with E-state index in [4.69, 9.17) is 11.6 Å². The number of urea groups is 1. The Morgan fingerprint density at radius 1 is 1.45 bits per heavy atom. The van der Waals surface area contributed by atoms with Crippen LogP contribution in [0.2, 0.25) is 5.02 Å².